The van der Waals surface area contributed by atoms with Crippen LogP contribution in [0.25, 0.3) is 11.1 Å². The first-order chi connectivity index (χ1) is 14.6. The highest BCUT2D eigenvalue weighted by Crippen LogP contribution is 2.24. The van der Waals surface area contributed by atoms with Crippen LogP contribution in [0.15, 0.2) is 77.4 Å². The molecule has 1 aliphatic heterocycles. The van der Waals surface area contributed by atoms with Crippen molar-refractivity contribution in [3.63, 3.8) is 0 Å². The minimum atomic E-state index is -0.470. The molecule has 1 aliphatic rings. The van der Waals surface area contributed by atoms with Crippen LogP contribution in [0.2, 0.25) is 0 Å². The molecule has 0 spiro atoms. The van der Waals surface area contributed by atoms with Gasteiger partial charge in [-0.05, 0) is 55.0 Å². The van der Waals surface area contributed by atoms with Gasteiger partial charge in [0.25, 0.3) is 5.91 Å². The molecule has 5 nitrogen and oxygen atoms in total. The van der Waals surface area contributed by atoms with Crippen molar-refractivity contribution in [1.82, 2.24) is 10.2 Å². The molecule has 0 saturated carbocycles. The number of furan rings is 1. The van der Waals surface area contributed by atoms with Gasteiger partial charge in [-0.15, -0.1) is 0 Å². The molecular formula is C25H26N2O3. The molecular weight excluding hydrogens is 376 g/mol. The first-order valence-electron chi connectivity index (χ1n) is 10.4. The predicted molar refractivity (Wildman–Crippen MR) is 116 cm³/mol. The van der Waals surface area contributed by atoms with Crippen LogP contribution >= 0.6 is 0 Å². The van der Waals surface area contributed by atoms with Crippen LogP contribution in [0.1, 0.15) is 48.3 Å². The number of benzene rings is 2. The Hall–Kier alpha value is -3.34. The number of likely N-dealkylation sites (tertiary alicyclic amines) is 1. The molecule has 0 radical (unpaired) electrons. The number of carbonyl (C=O) groups excluding carboxylic acids is 2. The molecule has 2 unspecified atom stereocenters. The lowest BCUT2D eigenvalue weighted by atomic mass is 9.99. The molecule has 4 rings (SSSR count). The lowest BCUT2D eigenvalue weighted by Crippen LogP contribution is -2.52. The van der Waals surface area contributed by atoms with Crippen LogP contribution in [0, 0.1) is 0 Å². The maximum absolute atomic E-state index is 13.0. The summed E-state index contributed by atoms with van der Waals surface area (Å²) < 4.78 is 5.25. The first-order valence-corrected chi connectivity index (χ1v) is 10.4. The van der Waals surface area contributed by atoms with Gasteiger partial charge in [-0.2, -0.15) is 0 Å². The van der Waals surface area contributed by atoms with Gasteiger partial charge in [0.15, 0.2) is 5.76 Å². The normalized spacial score (nSPS) is 17.4. The van der Waals surface area contributed by atoms with Crippen LogP contribution in [0.4, 0.5) is 0 Å². The maximum atomic E-state index is 13.0. The van der Waals surface area contributed by atoms with Crippen molar-refractivity contribution < 1.29 is 14.0 Å². The molecule has 0 bridgehead atoms. The Morgan fingerprint density at radius 3 is 2.40 bits per heavy atom. The van der Waals surface area contributed by atoms with Crippen LogP contribution < -0.4 is 5.32 Å². The van der Waals surface area contributed by atoms with E-state index in [1.165, 1.54) is 6.26 Å². The van der Waals surface area contributed by atoms with Crippen molar-refractivity contribution in [3.05, 3.63) is 84.3 Å². The number of nitrogens with one attached hydrogen (secondary N) is 1. The largest absolute Gasteiger partial charge is 0.459 e. The third-order valence-corrected chi connectivity index (χ3v) is 5.67. The van der Waals surface area contributed by atoms with Gasteiger partial charge in [0.05, 0.1) is 12.3 Å². The minimum absolute atomic E-state index is 0.116. The molecule has 1 aromatic heterocycles. The third kappa shape index (κ3) is 4.30. The number of piperidine rings is 1. The monoisotopic (exact) mass is 402 g/mol. The second-order valence-corrected chi connectivity index (χ2v) is 7.71. The van der Waals surface area contributed by atoms with E-state index in [1.54, 1.807) is 17.0 Å². The van der Waals surface area contributed by atoms with E-state index in [0.717, 1.165) is 29.5 Å². The summed E-state index contributed by atoms with van der Waals surface area (Å²) in [4.78, 5) is 27.4. The van der Waals surface area contributed by atoms with Gasteiger partial charge in [-0.1, -0.05) is 54.6 Å². The molecule has 2 heterocycles. The van der Waals surface area contributed by atoms with Crippen molar-refractivity contribution in [1.29, 1.82) is 0 Å². The van der Waals surface area contributed by atoms with Crippen molar-refractivity contribution in [3.8, 4) is 11.1 Å². The zero-order valence-electron chi connectivity index (χ0n) is 17.1. The van der Waals surface area contributed by atoms with Crippen LogP contribution in [-0.4, -0.2) is 29.3 Å². The van der Waals surface area contributed by atoms with E-state index >= 15 is 0 Å². The van der Waals surface area contributed by atoms with Crippen LogP contribution in [0.5, 0.6) is 0 Å². The van der Waals surface area contributed by atoms with E-state index in [-0.39, 0.29) is 23.6 Å². The Labute approximate surface area is 176 Å². The summed E-state index contributed by atoms with van der Waals surface area (Å²) in [7, 11) is 0. The van der Waals surface area contributed by atoms with E-state index in [9.17, 15) is 9.59 Å². The topological polar surface area (TPSA) is 62.6 Å². The van der Waals surface area contributed by atoms with Gasteiger partial charge in [0.2, 0.25) is 5.91 Å². The summed E-state index contributed by atoms with van der Waals surface area (Å²) in [5.41, 5.74) is 3.33. The second kappa shape index (κ2) is 8.99. The molecule has 2 atom stereocenters. The Bertz CT molecular complexity index is 981. The fourth-order valence-electron chi connectivity index (χ4n) is 3.98. The Balaban J connectivity index is 1.43. The second-order valence-electron chi connectivity index (χ2n) is 7.71. The molecule has 5 heteroatoms. The highest BCUT2D eigenvalue weighted by atomic mass is 16.3. The fourth-order valence-corrected chi connectivity index (χ4v) is 3.98. The van der Waals surface area contributed by atoms with Gasteiger partial charge < -0.3 is 14.6 Å². The van der Waals surface area contributed by atoms with Crippen molar-refractivity contribution >= 4 is 11.8 Å². The van der Waals surface area contributed by atoms with Crippen LogP contribution in [-0.2, 0) is 4.79 Å². The summed E-state index contributed by atoms with van der Waals surface area (Å²) in [5, 5.41) is 3.09. The van der Waals surface area contributed by atoms with Crippen molar-refractivity contribution in [2.45, 2.75) is 38.3 Å². The van der Waals surface area contributed by atoms with Gasteiger partial charge in [0, 0.05) is 6.54 Å². The van der Waals surface area contributed by atoms with E-state index in [0.29, 0.717) is 13.0 Å². The zero-order chi connectivity index (χ0) is 20.9. The van der Waals surface area contributed by atoms with E-state index < -0.39 is 6.04 Å². The van der Waals surface area contributed by atoms with Crippen LogP contribution in [0.3, 0.4) is 0 Å². The Morgan fingerprint density at radius 1 is 0.967 bits per heavy atom. The number of carbonyl (C=O) groups is 2. The molecule has 0 aliphatic carbocycles. The quantitative estimate of drug-likeness (QED) is 0.666. The maximum Gasteiger partial charge on any atom is 0.290 e. The average molecular weight is 402 g/mol. The SMILES string of the molecule is CC(NC(=O)C1CCCCN1C(=O)c1ccco1)c1ccc(-c2ccccc2)cc1. The molecule has 1 fully saturated rings. The molecule has 154 valence electrons. The lowest BCUT2D eigenvalue weighted by molar-refractivity contribution is -0.127. The Kier molecular flexibility index (Phi) is 5.98. The van der Waals surface area contributed by atoms with E-state index in [1.807, 2.05) is 37.3 Å². The smallest absolute Gasteiger partial charge is 0.290 e. The van der Waals surface area contributed by atoms with Crippen molar-refractivity contribution in [2.75, 3.05) is 6.54 Å². The lowest BCUT2D eigenvalue weighted by Gasteiger charge is -2.34. The van der Waals surface area contributed by atoms with Crippen molar-refractivity contribution in [2.24, 2.45) is 0 Å². The number of rotatable bonds is 5. The average Bonchev–Trinajstić information content (AvgIpc) is 3.34. The fraction of sp³-hybridized carbons (Fsp3) is 0.280. The van der Waals surface area contributed by atoms with Gasteiger partial charge in [0.1, 0.15) is 6.04 Å². The van der Waals surface area contributed by atoms with E-state index in [4.69, 9.17) is 4.42 Å². The summed E-state index contributed by atoms with van der Waals surface area (Å²) in [6.07, 6.45) is 3.97. The number of hydrogen-bond donors (Lipinski definition) is 1. The summed E-state index contributed by atoms with van der Waals surface area (Å²) in [6, 6.07) is 21.1. The van der Waals surface area contributed by atoms with E-state index in [2.05, 4.69) is 29.6 Å². The third-order valence-electron chi connectivity index (χ3n) is 5.67. The van der Waals surface area contributed by atoms with Gasteiger partial charge >= 0.3 is 0 Å². The van der Waals surface area contributed by atoms with Gasteiger partial charge in [-0.25, -0.2) is 0 Å². The standard InChI is InChI=1S/C25H26N2O3/c1-18(19-12-14-21(15-13-19)20-8-3-2-4-9-20)26-24(28)22-10-5-6-16-27(22)25(29)23-11-7-17-30-23/h2-4,7-9,11-15,17-18,22H,5-6,10,16H2,1H3,(H,26,28). The van der Waals surface area contributed by atoms with Gasteiger partial charge in [-0.3, -0.25) is 9.59 Å². The molecule has 2 aromatic carbocycles. The molecule has 3 aromatic rings. The molecule has 2 amide bonds. The highest BCUT2D eigenvalue weighted by molar-refractivity contribution is 5.95. The first kappa shape index (κ1) is 20.0. The summed E-state index contributed by atoms with van der Waals surface area (Å²) in [5.74, 6) is -0.0618. The number of hydrogen-bond acceptors (Lipinski definition) is 3. The highest BCUT2D eigenvalue weighted by Gasteiger charge is 2.34. The molecule has 1 saturated heterocycles. The number of amides is 2. The minimum Gasteiger partial charge on any atom is -0.459 e. The summed E-state index contributed by atoms with van der Waals surface area (Å²) in [6.45, 7) is 2.54. The Morgan fingerprint density at radius 2 is 1.70 bits per heavy atom. The zero-order valence-corrected chi connectivity index (χ0v) is 17.1. The predicted octanol–water partition coefficient (Wildman–Crippen LogP) is 4.82. The molecule has 30 heavy (non-hydrogen) atoms. The molecule has 1 N–H and O–H groups in total. The number of nitrogens with zero attached hydrogens (tertiary/aromatic N) is 1. The summed E-state index contributed by atoms with van der Waals surface area (Å²) >= 11 is 0.